The van der Waals surface area contributed by atoms with E-state index in [4.69, 9.17) is 15.2 Å². The van der Waals surface area contributed by atoms with Crippen LogP contribution in [0.2, 0.25) is 0 Å². The van der Waals surface area contributed by atoms with Gasteiger partial charge in [0.2, 0.25) is 0 Å². The summed E-state index contributed by atoms with van der Waals surface area (Å²) >= 11 is 0. The maximum absolute atomic E-state index is 6.29. The first-order valence-corrected chi connectivity index (χ1v) is 5.12. The maximum atomic E-state index is 6.29. The van der Waals surface area contributed by atoms with E-state index in [0.29, 0.717) is 6.61 Å². The van der Waals surface area contributed by atoms with Crippen molar-refractivity contribution >= 4 is 0 Å². The number of hydrogen-bond donors (Lipinski definition) is 1. The Morgan fingerprint density at radius 1 is 1.60 bits per heavy atom. The van der Waals surface area contributed by atoms with Crippen molar-refractivity contribution in [2.24, 2.45) is 5.73 Å². The predicted octanol–water partition coefficient (Wildman–Crippen LogP) is 1.05. The van der Waals surface area contributed by atoms with Gasteiger partial charge in [0.25, 0.3) is 0 Å². The molecule has 82 valence electrons. The minimum atomic E-state index is -0.495. The summed E-state index contributed by atoms with van der Waals surface area (Å²) in [5.74, 6) is 0.741. The summed E-state index contributed by atoms with van der Waals surface area (Å²) in [6, 6.07) is 3.72. The fourth-order valence-electron chi connectivity index (χ4n) is 1.93. The molecule has 4 heteroatoms. The minimum Gasteiger partial charge on any atom is -0.495 e. The number of ether oxygens (including phenoxy) is 2. The monoisotopic (exact) mass is 208 g/mol. The Kier molecular flexibility index (Phi) is 2.88. The zero-order chi connectivity index (χ0) is 10.7. The van der Waals surface area contributed by atoms with Gasteiger partial charge in [0.1, 0.15) is 11.4 Å². The van der Waals surface area contributed by atoms with E-state index in [-0.39, 0.29) is 0 Å². The first-order valence-electron chi connectivity index (χ1n) is 5.12. The van der Waals surface area contributed by atoms with Crippen LogP contribution in [0.3, 0.4) is 0 Å². The van der Waals surface area contributed by atoms with Crippen LogP contribution in [0.1, 0.15) is 18.5 Å². The molecule has 2 heterocycles. The molecule has 0 aromatic carbocycles. The van der Waals surface area contributed by atoms with Gasteiger partial charge in [-0.1, -0.05) is 0 Å². The molecule has 2 N–H and O–H groups in total. The van der Waals surface area contributed by atoms with Crippen LogP contribution in [0.5, 0.6) is 5.75 Å². The Hall–Kier alpha value is -1.13. The van der Waals surface area contributed by atoms with Crippen molar-refractivity contribution in [3.05, 3.63) is 24.0 Å². The van der Waals surface area contributed by atoms with Gasteiger partial charge in [-0.3, -0.25) is 4.98 Å². The summed E-state index contributed by atoms with van der Waals surface area (Å²) in [6.45, 7) is 1.30. The molecule has 1 atom stereocenters. The third kappa shape index (κ3) is 1.96. The van der Waals surface area contributed by atoms with Gasteiger partial charge in [-0.2, -0.15) is 0 Å². The molecule has 1 saturated heterocycles. The predicted molar refractivity (Wildman–Crippen MR) is 56.7 cm³/mol. The number of nitrogens with two attached hydrogens (primary N) is 1. The molecular weight excluding hydrogens is 192 g/mol. The number of rotatable bonds is 2. The smallest absolute Gasteiger partial charge is 0.142 e. The number of hydrogen-bond acceptors (Lipinski definition) is 4. The largest absolute Gasteiger partial charge is 0.495 e. The molecule has 1 fully saturated rings. The molecule has 0 aliphatic carbocycles. The lowest BCUT2D eigenvalue weighted by Crippen LogP contribution is -2.45. The van der Waals surface area contributed by atoms with E-state index < -0.39 is 5.54 Å². The average molecular weight is 208 g/mol. The van der Waals surface area contributed by atoms with Crippen LogP contribution in [0.25, 0.3) is 0 Å². The molecule has 0 amide bonds. The Balaban J connectivity index is 2.34. The number of pyridine rings is 1. The zero-order valence-electron chi connectivity index (χ0n) is 8.90. The molecule has 1 unspecified atom stereocenters. The van der Waals surface area contributed by atoms with E-state index in [1.54, 1.807) is 13.3 Å². The fraction of sp³-hybridized carbons (Fsp3) is 0.545. The van der Waals surface area contributed by atoms with E-state index in [1.807, 2.05) is 12.1 Å². The van der Waals surface area contributed by atoms with Crippen molar-refractivity contribution in [2.75, 3.05) is 20.3 Å². The highest BCUT2D eigenvalue weighted by Gasteiger charge is 2.34. The van der Waals surface area contributed by atoms with Crippen molar-refractivity contribution in [1.29, 1.82) is 0 Å². The molecule has 0 radical (unpaired) electrons. The molecule has 15 heavy (non-hydrogen) atoms. The third-order valence-electron chi connectivity index (χ3n) is 2.73. The number of methoxy groups -OCH3 is 1. The molecule has 1 aromatic heterocycles. The Morgan fingerprint density at radius 3 is 3.13 bits per heavy atom. The molecule has 1 aliphatic rings. The number of aromatic nitrogens is 1. The fourth-order valence-corrected chi connectivity index (χ4v) is 1.93. The molecule has 2 rings (SSSR count). The standard InChI is InChI=1S/C11H16N2O2/c1-14-9-4-2-6-13-10(9)11(12)5-3-7-15-8-11/h2,4,6H,3,5,7-8,12H2,1H3. The molecule has 0 bridgehead atoms. The van der Waals surface area contributed by atoms with Crippen molar-refractivity contribution in [3.8, 4) is 5.75 Å². The quantitative estimate of drug-likeness (QED) is 0.789. The van der Waals surface area contributed by atoms with Crippen molar-refractivity contribution in [1.82, 2.24) is 4.98 Å². The maximum Gasteiger partial charge on any atom is 0.142 e. The van der Waals surface area contributed by atoms with Crippen LogP contribution in [0.4, 0.5) is 0 Å². The molecule has 1 aliphatic heterocycles. The molecule has 0 spiro atoms. The van der Waals surface area contributed by atoms with Gasteiger partial charge in [0, 0.05) is 12.8 Å². The van der Waals surface area contributed by atoms with E-state index in [0.717, 1.165) is 30.9 Å². The summed E-state index contributed by atoms with van der Waals surface area (Å²) in [4.78, 5) is 4.31. The Morgan fingerprint density at radius 2 is 2.47 bits per heavy atom. The van der Waals surface area contributed by atoms with Gasteiger partial charge in [-0.25, -0.2) is 0 Å². The van der Waals surface area contributed by atoms with Crippen LogP contribution >= 0.6 is 0 Å². The van der Waals surface area contributed by atoms with Gasteiger partial charge in [0.15, 0.2) is 0 Å². The third-order valence-corrected chi connectivity index (χ3v) is 2.73. The van der Waals surface area contributed by atoms with E-state index >= 15 is 0 Å². The first-order chi connectivity index (χ1) is 7.26. The second-order valence-corrected chi connectivity index (χ2v) is 3.87. The molecule has 4 nitrogen and oxygen atoms in total. The van der Waals surface area contributed by atoms with Gasteiger partial charge in [0.05, 0.1) is 19.3 Å². The van der Waals surface area contributed by atoms with Gasteiger partial charge >= 0.3 is 0 Å². The van der Waals surface area contributed by atoms with Crippen molar-refractivity contribution in [2.45, 2.75) is 18.4 Å². The highest BCUT2D eigenvalue weighted by atomic mass is 16.5. The lowest BCUT2D eigenvalue weighted by atomic mass is 9.89. The van der Waals surface area contributed by atoms with Crippen molar-refractivity contribution in [3.63, 3.8) is 0 Å². The van der Waals surface area contributed by atoms with Crippen LogP contribution in [0, 0.1) is 0 Å². The van der Waals surface area contributed by atoms with Crippen LogP contribution in [-0.2, 0) is 10.3 Å². The summed E-state index contributed by atoms with van der Waals surface area (Å²) in [5.41, 5.74) is 6.59. The molecule has 1 aromatic rings. The lowest BCUT2D eigenvalue weighted by Gasteiger charge is -2.33. The molecular formula is C11H16N2O2. The summed E-state index contributed by atoms with van der Waals surface area (Å²) in [5, 5.41) is 0. The number of nitrogens with zero attached hydrogens (tertiary/aromatic N) is 1. The average Bonchev–Trinajstić information content (AvgIpc) is 2.30. The van der Waals surface area contributed by atoms with E-state index in [9.17, 15) is 0 Å². The van der Waals surface area contributed by atoms with E-state index in [2.05, 4.69) is 4.98 Å². The zero-order valence-corrected chi connectivity index (χ0v) is 8.90. The molecule has 0 saturated carbocycles. The van der Waals surface area contributed by atoms with Gasteiger partial charge in [-0.15, -0.1) is 0 Å². The van der Waals surface area contributed by atoms with Crippen LogP contribution in [-0.4, -0.2) is 25.3 Å². The van der Waals surface area contributed by atoms with Gasteiger partial charge in [-0.05, 0) is 25.0 Å². The van der Waals surface area contributed by atoms with Crippen LogP contribution in [0.15, 0.2) is 18.3 Å². The summed E-state index contributed by atoms with van der Waals surface area (Å²) in [7, 11) is 1.63. The Labute approximate surface area is 89.4 Å². The van der Waals surface area contributed by atoms with Gasteiger partial charge < -0.3 is 15.2 Å². The highest BCUT2D eigenvalue weighted by molar-refractivity contribution is 5.33. The Bertz CT molecular complexity index is 335. The summed E-state index contributed by atoms with van der Waals surface area (Å²) < 4.78 is 10.7. The topological polar surface area (TPSA) is 57.4 Å². The lowest BCUT2D eigenvalue weighted by molar-refractivity contribution is 0.0338. The second kappa shape index (κ2) is 4.16. The minimum absolute atomic E-state index is 0.495. The summed E-state index contributed by atoms with van der Waals surface area (Å²) in [6.07, 6.45) is 3.59. The SMILES string of the molecule is COc1cccnc1C1(N)CCCOC1. The van der Waals surface area contributed by atoms with Crippen LogP contribution < -0.4 is 10.5 Å². The van der Waals surface area contributed by atoms with Crippen molar-refractivity contribution < 1.29 is 9.47 Å². The van der Waals surface area contributed by atoms with E-state index in [1.165, 1.54) is 0 Å². The highest BCUT2D eigenvalue weighted by Crippen LogP contribution is 2.31. The first kappa shape index (κ1) is 10.4. The second-order valence-electron chi connectivity index (χ2n) is 3.87. The normalized spacial score (nSPS) is 26.3.